The van der Waals surface area contributed by atoms with Crippen LogP contribution < -0.4 is 0 Å². The molecule has 3 nitrogen and oxygen atoms in total. The zero-order chi connectivity index (χ0) is 10.4. The molecule has 0 atom stereocenters. The van der Waals surface area contributed by atoms with Crippen molar-refractivity contribution in [1.29, 1.82) is 0 Å². The van der Waals surface area contributed by atoms with Crippen molar-refractivity contribution in [3.8, 4) is 0 Å². The van der Waals surface area contributed by atoms with Gasteiger partial charge in [0.05, 0.1) is 5.56 Å². The number of hydrogen-bond acceptors (Lipinski definition) is 3. The minimum absolute atomic E-state index is 0.344. The fraction of sp³-hybridized carbons (Fsp3) is 0.500. The molecule has 1 rings (SSSR count). The van der Waals surface area contributed by atoms with Crippen molar-refractivity contribution < 1.29 is 13.9 Å². The van der Waals surface area contributed by atoms with Crippen LogP contribution in [0.1, 0.15) is 25.7 Å². The predicted octanol–water partition coefficient (Wildman–Crippen LogP) is 2.29. The van der Waals surface area contributed by atoms with Crippen LogP contribution >= 0.6 is 0 Å². The molecule has 1 aromatic rings. The number of halogens is 1. The third-order valence-corrected chi connectivity index (χ3v) is 1.68. The molecule has 78 valence electrons. The van der Waals surface area contributed by atoms with E-state index >= 15 is 0 Å². The number of nitrogens with zero attached hydrogens (tertiary/aromatic N) is 1. The number of pyridine rings is 1. The molecule has 0 radical (unpaired) electrons. The summed E-state index contributed by atoms with van der Waals surface area (Å²) < 4.78 is 23.7. The Labute approximate surface area is 82.9 Å². The van der Waals surface area contributed by atoms with E-state index in [0.29, 0.717) is 18.8 Å². The Balaban J connectivity index is 2.81. The van der Waals surface area contributed by atoms with Gasteiger partial charge in [-0.3, -0.25) is 0 Å². The topological polar surface area (TPSA) is 31.4 Å². The second kappa shape index (κ2) is 5.67. The molecule has 0 aliphatic carbocycles. The molecule has 0 aliphatic rings. The lowest BCUT2D eigenvalue weighted by Gasteiger charge is -2.16. The number of ether oxygens (including phenoxy) is 2. The van der Waals surface area contributed by atoms with Crippen molar-refractivity contribution in [2.75, 3.05) is 13.2 Å². The van der Waals surface area contributed by atoms with Gasteiger partial charge in [0.15, 0.2) is 6.29 Å². The van der Waals surface area contributed by atoms with Crippen LogP contribution in [0.3, 0.4) is 0 Å². The Hall–Kier alpha value is -1.00. The van der Waals surface area contributed by atoms with E-state index in [2.05, 4.69) is 4.98 Å². The van der Waals surface area contributed by atoms with Gasteiger partial charge in [-0.15, -0.1) is 0 Å². The lowest BCUT2D eigenvalue weighted by molar-refractivity contribution is -0.142. The van der Waals surface area contributed by atoms with Gasteiger partial charge in [-0.2, -0.15) is 4.39 Å². The van der Waals surface area contributed by atoms with Crippen molar-refractivity contribution in [3.63, 3.8) is 0 Å². The molecule has 0 spiro atoms. The fourth-order valence-corrected chi connectivity index (χ4v) is 1.10. The molecule has 4 heteroatoms. The van der Waals surface area contributed by atoms with Crippen LogP contribution in [0.15, 0.2) is 18.3 Å². The van der Waals surface area contributed by atoms with Crippen molar-refractivity contribution in [1.82, 2.24) is 4.98 Å². The van der Waals surface area contributed by atoms with E-state index in [0.717, 1.165) is 0 Å². The summed E-state index contributed by atoms with van der Waals surface area (Å²) in [6, 6.07) is 3.27. The maximum absolute atomic E-state index is 13.2. The monoisotopic (exact) mass is 199 g/mol. The Morgan fingerprint density at radius 2 is 2.00 bits per heavy atom. The average Bonchev–Trinajstić information content (AvgIpc) is 2.18. The molecule has 0 bridgehead atoms. The highest BCUT2D eigenvalue weighted by Crippen LogP contribution is 2.20. The smallest absolute Gasteiger partial charge is 0.221 e. The molecular formula is C10H14FNO2. The van der Waals surface area contributed by atoms with Gasteiger partial charge >= 0.3 is 0 Å². The van der Waals surface area contributed by atoms with E-state index in [9.17, 15) is 4.39 Å². The molecule has 0 saturated heterocycles. The molecule has 0 N–H and O–H groups in total. The first-order valence-electron chi connectivity index (χ1n) is 4.63. The first kappa shape index (κ1) is 11.1. The largest absolute Gasteiger partial charge is 0.349 e. The molecule has 0 amide bonds. The Bertz CT molecular complexity index is 275. The van der Waals surface area contributed by atoms with Crippen LogP contribution in [-0.2, 0) is 9.47 Å². The van der Waals surface area contributed by atoms with Gasteiger partial charge in [0.1, 0.15) is 0 Å². The van der Waals surface area contributed by atoms with Gasteiger partial charge in [0, 0.05) is 19.4 Å². The Morgan fingerprint density at radius 1 is 1.36 bits per heavy atom. The molecule has 0 saturated carbocycles. The molecule has 1 heterocycles. The number of rotatable bonds is 5. The maximum atomic E-state index is 13.2. The maximum Gasteiger partial charge on any atom is 0.221 e. The Kier molecular flexibility index (Phi) is 4.49. The highest BCUT2D eigenvalue weighted by atomic mass is 19.1. The summed E-state index contributed by atoms with van der Waals surface area (Å²) >= 11 is 0. The lowest BCUT2D eigenvalue weighted by Crippen LogP contribution is -2.11. The molecule has 1 aromatic heterocycles. The summed E-state index contributed by atoms with van der Waals surface area (Å²) in [7, 11) is 0. The summed E-state index contributed by atoms with van der Waals surface area (Å²) in [6.07, 6.45) is 0.743. The molecule has 0 aromatic carbocycles. The lowest BCUT2D eigenvalue weighted by atomic mass is 10.2. The Morgan fingerprint density at radius 3 is 2.50 bits per heavy atom. The number of hydrogen-bond donors (Lipinski definition) is 0. The normalized spacial score (nSPS) is 10.9. The van der Waals surface area contributed by atoms with E-state index in [1.165, 1.54) is 6.20 Å². The van der Waals surface area contributed by atoms with Gasteiger partial charge in [-0.05, 0) is 26.0 Å². The zero-order valence-corrected chi connectivity index (χ0v) is 8.37. The van der Waals surface area contributed by atoms with Crippen LogP contribution in [-0.4, -0.2) is 18.2 Å². The predicted molar refractivity (Wildman–Crippen MR) is 50.2 cm³/mol. The summed E-state index contributed by atoms with van der Waals surface area (Å²) in [5.74, 6) is -0.542. The molecular weight excluding hydrogens is 185 g/mol. The first-order chi connectivity index (χ1) is 6.79. The van der Waals surface area contributed by atoms with Crippen LogP contribution in [0.4, 0.5) is 4.39 Å². The van der Waals surface area contributed by atoms with Crippen LogP contribution in [0.5, 0.6) is 0 Å². The van der Waals surface area contributed by atoms with E-state index in [1.54, 1.807) is 12.1 Å². The van der Waals surface area contributed by atoms with E-state index < -0.39 is 12.2 Å². The van der Waals surface area contributed by atoms with Gasteiger partial charge in [0.2, 0.25) is 5.95 Å². The minimum Gasteiger partial charge on any atom is -0.349 e. The van der Waals surface area contributed by atoms with E-state index in [-0.39, 0.29) is 0 Å². The van der Waals surface area contributed by atoms with Gasteiger partial charge in [-0.1, -0.05) is 0 Å². The highest BCUT2D eigenvalue weighted by molar-refractivity contribution is 5.12. The van der Waals surface area contributed by atoms with Crippen LogP contribution in [0.25, 0.3) is 0 Å². The summed E-state index contributed by atoms with van der Waals surface area (Å²) in [5, 5.41) is 0. The summed E-state index contributed by atoms with van der Waals surface area (Å²) in [5.41, 5.74) is 0.344. The van der Waals surface area contributed by atoms with Crippen molar-refractivity contribution in [3.05, 3.63) is 29.8 Å². The third kappa shape index (κ3) is 2.75. The van der Waals surface area contributed by atoms with Gasteiger partial charge in [-0.25, -0.2) is 4.98 Å². The third-order valence-electron chi connectivity index (χ3n) is 1.68. The van der Waals surface area contributed by atoms with Gasteiger partial charge < -0.3 is 9.47 Å². The zero-order valence-electron chi connectivity index (χ0n) is 8.37. The fourth-order valence-electron chi connectivity index (χ4n) is 1.10. The quantitative estimate of drug-likeness (QED) is 0.538. The van der Waals surface area contributed by atoms with E-state index in [4.69, 9.17) is 9.47 Å². The highest BCUT2D eigenvalue weighted by Gasteiger charge is 2.15. The van der Waals surface area contributed by atoms with Gasteiger partial charge in [0.25, 0.3) is 0 Å². The van der Waals surface area contributed by atoms with Crippen LogP contribution in [0.2, 0.25) is 0 Å². The second-order valence-corrected chi connectivity index (χ2v) is 2.63. The average molecular weight is 199 g/mol. The van der Waals surface area contributed by atoms with Crippen molar-refractivity contribution >= 4 is 0 Å². The minimum atomic E-state index is -0.654. The standard InChI is InChI=1S/C10H14FNO2/c1-3-13-10(14-4-2)8-6-5-7-12-9(8)11/h5-7,10H,3-4H2,1-2H3. The molecule has 14 heavy (non-hydrogen) atoms. The summed E-state index contributed by atoms with van der Waals surface area (Å²) in [4.78, 5) is 3.54. The van der Waals surface area contributed by atoms with Crippen LogP contribution in [0, 0.1) is 5.95 Å². The van der Waals surface area contributed by atoms with E-state index in [1.807, 2.05) is 13.8 Å². The number of aromatic nitrogens is 1. The molecule has 0 fully saturated rings. The molecule has 0 unspecified atom stereocenters. The first-order valence-corrected chi connectivity index (χ1v) is 4.63. The van der Waals surface area contributed by atoms with Crippen molar-refractivity contribution in [2.45, 2.75) is 20.1 Å². The molecule has 0 aliphatic heterocycles. The SMILES string of the molecule is CCOC(OCC)c1cccnc1F. The van der Waals surface area contributed by atoms with Crippen molar-refractivity contribution in [2.24, 2.45) is 0 Å². The second-order valence-electron chi connectivity index (χ2n) is 2.63. The summed E-state index contributed by atoms with van der Waals surface area (Å²) in [6.45, 7) is 4.61.